The molecule has 2 aromatic rings. The predicted molar refractivity (Wildman–Crippen MR) is 69.5 cm³/mol. The molecule has 2 rings (SSSR count). The number of ketones is 1. The highest BCUT2D eigenvalue weighted by molar-refractivity contribution is 7.22. The zero-order valence-electron chi connectivity index (χ0n) is 9.53. The van der Waals surface area contributed by atoms with E-state index in [1.54, 1.807) is 18.3 Å². The van der Waals surface area contributed by atoms with Crippen LogP contribution in [0.3, 0.4) is 0 Å². The van der Waals surface area contributed by atoms with Crippen LogP contribution in [0, 0.1) is 6.92 Å². The Morgan fingerprint density at radius 2 is 2.12 bits per heavy atom. The molecule has 0 aliphatic rings. The molecule has 0 bridgehead atoms. The van der Waals surface area contributed by atoms with E-state index in [0.29, 0.717) is 0 Å². The highest BCUT2D eigenvalue weighted by atomic mass is 32.1. The van der Waals surface area contributed by atoms with Crippen molar-refractivity contribution < 1.29 is 4.79 Å². The lowest BCUT2D eigenvalue weighted by Gasteiger charge is -1.87. The summed E-state index contributed by atoms with van der Waals surface area (Å²) in [6, 6.07) is 4.22. The highest BCUT2D eigenvalue weighted by Crippen LogP contribution is 2.33. The number of hydrogen-bond donors (Lipinski definition) is 0. The van der Waals surface area contributed by atoms with Crippen LogP contribution >= 0.6 is 22.7 Å². The van der Waals surface area contributed by atoms with Crippen LogP contribution in [-0.4, -0.2) is 10.8 Å². The Hall–Kier alpha value is -1.00. The van der Waals surface area contributed by atoms with E-state index in [1.807, 2.05) is 6.92 Å². The summed E-state index contributed by atoms with van der Waals surface area (Å²) in [5, 5.41) is 0.965. The molecule has 2 aromatic heterocycles. The zero-order valence-corrected chi connectivity index (χ0v) is 11.2. The molecule has 0 aromatic carbocycles. The fraction of sp³-hybridized carbons (Fsp3) is 0.333. The third kappa shape index (κ3) is 2.08. The number of Topliss-reactive ketones (excluding diaryl/α,β-unsaturated/α-hetero) is 1. The molecule has 0 unspecified atom stereocenters. The van der Waals surface area contributed by atoms with Crippen LogP contribution < -0.4 is 0 Å². The number of nitrogens with zero attached hydrogens (tertiary/aromatic N) is 1. The molecule has 0 saturated carbocycles. The van der Waals surface area contributed by atoms with Gasteiger partial charge in [-0.2, -0.15) is 0 Å². The topological polar surface area (TPSA) is 30.0 Å². The van der Waals surface area contributed by atoms with E-state index in [-0.39, 0.29) is 5.78 Å². The maximum Gasteiger partial charge on any atom is 0.171 e. The van der Waals surface area contributed by atoms with Crippen molar-refractivity contribution in [1.82, 2.24) is 4.98 Å². The number of aryl methyl sites for hydroxylation is 2. The van der Waals surface area contributed by atoms with Crippen LogP contribution in [0.5, 0.6) is 0 Å². The molecular weight excluding hydrogens is 238 g/mol. The fourth-order valence-electron chi connectivity index (χ4n) is 1.51. The molecule has 0 amide bonds. The summed E-state index contributed by atoms with van der Waals surface area (Å²) >= 11 is 3.25. The summed E-state index contributed by atoms with van der Waals surface area (Å²) in [4.78, 5) is 19.1. The van der Waals surface area contributed by atoms with Crippen LogP contribution in [0.2, 0.25) is 0 Å². The first-order valence-corrected chi connectivity index (χ1v) is 6.82. The van der Waals surface area contributed by atoms with E-state index in [2.05, 4.69) is 24.0 Å². The molecule has 0 N–H and O–H groups in total. The van der Waals surface area contributed by atoms with E-state index in [1.165, 1.54) is 16.2 Å². The number of aromatic nitrogens is 1. The first-order valence-electron chi connectivity index (χ1n) is 5.19. The first-order chi connectivity index (χ1) is 7.61. The molecule has 0 aliphatic heterocycles. The van der Waals surface area contributed by atoms with Crippen molar-refractivity contribution in [2.24, 2.45) is 0 Å². The molecule has 0 saturated heterocycles. The van der Waals surface area contributed by atoms with Gasteiger partial charge in [0.2, 0.25) is 0 Å². The van der Waals surface area contributed by atoms with Gasteiger partial charge in [0.15, 0.2) is 5.78 Å². The molecule has 0 spiro atoms. The van der Waals surface area contributed by atoms with Crippen molar-refractivity contribution in [1.29, 1.82) is 0 Å². The second-order valence-electron chi connectivity index (χ2n) is 3.61. The van der Waals surface area contributed by atoms with E-state index in [4.69, 9.17) is 0 Å². The van der Waals surface area contributed by atoms with Gasteiger partial charge in [-0.15, -0.1) is 22.7 Å². The second-order valence-corrected chi connectivity index (χ2v) is 5.78. The third-order valence-electron chi connectivity index (χ3n) is 2.34. The zero-order chi connectivity index (χ0) is 11.7. The summed E-state index contributed by atoms with van der Waals surface area (Å²) in [6.07, 6.45) is 1.05. The monoisotopic (exact) mass is 251 g/mol. The van der Waals surface area contributed by atoms with Crippen LogP contribution in [-0.2, 0) is 6.42 Å². The molecule has 2 nitrogen and oxygen atoms in total. The lowest BCUT2D eigenvalue weighted by atomic mass is 10.3. The number of thiazole rings is 1. The highest BCUT2D eigenvalue weighted by Gasteiger charge is 2.13. The van der Waals surface area contributed by atoms with Crippen molar-refractivity contribution in [2.75, 3.05) is 0 Å². The van der Waals surface area contributed by atoms with Gasteiger partial charge in [-0.25, -0.2) is 4.98 Å². The number of carbonyl (C=O) groups is 1. The average Bonchev–Trinajstić information content (AvgIpc) is 2.83. The number of carbonyl (C=O) groups excluding carboxylic acids is 1. The Bertz CT molecular complexity index is 525. The summed E-state index contributed by atoms with van der Waals surface area (Å²) in [6.45, 7) is 5.63. The largest absolute Gasteiger partial charge is 0.294 e. The van der Waals surface area contributed by atoms with Gasteiger partial charge in [-0.1, -0.05) is 6.92 Å². The predicted octanol–water partition coefficient (Wildman–Crippen LogP) is 3.95. The normalized spacial score (nSPS) is 10.7. The fourth-order valence-corrected chi connectivity index (χ4v) is 3.47. The lowest BCUT2D eigenvalue weighted by molar-refractivity contribution is 0.102. The minimum atomic E-state index is 0.105. The van der Waals surface area contributed by atoms with Crippen LogP contribution in [0.25, 0.3) is 9.88 Å². The van der Waals surface area contributed by atoms with Crippen LogP contribution in [0.4, 0.5) is 0 Å². The minimum absolute atomic E-state index is 0.105. The Labute approximate surface area is 103 Å². The summed E-state index contributed by atoms with van der Waals surface area (Å²) < 4.78 is 0. The SMILES string of the molecule is CCc1ccc(-c2nc(C)c(C(C)=O)s2)s1. The summed E-state index contributed by atoms with van der Waals surface area (Å²) in [7, 11) is 0. The van der Waals surface area contributed by atoms with Gasteiger partial charge in [-0.3, -0.25) is 4.79 Å². The van der Waals surface area contributed by atoms with Crippen molar-refractivity contribution in [3.05, 3.63) is 27.6 Å². The molecule has 0 fully saturated rings. The number of thiophene rings is 1. The smallest absolute Gasteiger partial charge is 0.171 e. The molecular formula is C12H13NOS2. The molecule has 84 valence electrons. The van der Waals surface area contributed by atoms with E-state index >= 15 is 0 Å². The van der Waals surface area contributed by atoms with Gasteiger partial charge in [0.25, 0.3) is 0 Å². The van der Waals surface area contributed by atoms with Gasteiger partial charge in [0.1, 0.15) is 5.01 Å². The van der Waals surface area contributed by atoms with Crippen molar-refractivity contribution >= 4 is 28.5 Å². The first kappa shape index (κ1) is 11.5. The Morgan fingerprint density at radius 3 is 2.62 bits per heavy atom. The van der Waals surface area contributed by atoms with E-state index in [0.717, 1.165) is 26.9 Å². The van der Waals surface area contributed by atoms with Gasteiger partial charge in [-0.05, 0) is 25.5 Å². The van der Waals surface area contributed by atoms with E-state index < -0.39 is 0 Å². The van der Waals surface area contributed by atoms with Gasteiger partial charge < -0.3 is 0 Å². The van der Waals surface area contributed by atoms with Crippen LogP contribution in [0.15, 0.2) is 12.1 Å². The lowest BCUT2D eigenvalue weighted by Crippen LogP contribution is -1.89. The Morgan fingerprint density at radius 1 is 1.38 bits per heavy atom. The molecule has 2 heterocycles. The maximum absolute atomic E-state index is 11.3. The molecule has 0 radical (unpaired) electrons. The minimum Gasteiger partial charge on any atom is -0.294 e. The number of rotatable bonds is 3. The van der Waals surface area contributed by atoms with E-state index in [9.17, 15) is 4.79 Å². The third-order valence-corrected chi connectivity index (χ3v) is 4.99. The van der Waals surface area contributed by atoms with Gasteiger partial charge in [0, 0.05) is 11.8 Å². The maximum atomic E-state index is 11.3. The summed E-state index contributed by atoms with van der Waals surface area (Å²) in [5.41, 5.74) is 0.846. The number of hydrogen-bond acceptors (Lipinski definition) is 4. The van der Waals surface area contributed by atoms with Crippen molar-refractivity contribution in [3.63, 3.8) is 0 Å². The quantitative estimate of drug-likeness (QED) is 0.773. The molecule has 4 heteroatoms. The average molecular weight is 251 g/mol. The Balaban J connectivity index is 2.41. The Kier molecular flexibility index (Phi) is 3.21. The molecule has 0 aliphatic carbocycles. The molecule has 16 heavy (non-hydrogen) atoms. The van der Waals surface area contributed by atoms with Crippen molar-refractivity contribution in [3.8, 4) is 9.88 Å². The van der Waals surface area contributed by atoms with Crippen molar-refractivity contribution in [2.45, 2.75) is 27.2 Å². The molecule has 0 atom stereocenters. The summed E-state index contributed by atoms with van der Waals surface area (Å²) in [5.74, 6) is 0.105. The van der Waals surface area contributed by atoms with Gasteiger partial charge >= 0.3 is 0 Å². The second kappa shape index (κ2) is 4.47. The van der Waals surface area contributed by atoms with Crippen LogP contribution in [0.1, 0.15) is 34.1 Å². The standard InChI is InChI=1S/C12H13NOS2/c1-4-9-5-6-10(15-9)12-13-7(2)11(16-12)8(3)14/h5-6H,4H2,1-3H3. The van der Waals surface area contributed by atoms with Gasteiger partial charge in [0.05, 0.1) is 15.4 Å².